The monoisotopic (exact) mass is 500 g/mol. The third-order valence-electron chi connectivity index (χ3n) is 5.07. The van der Waals surface area contributed by atoms with Crippen LogP contribution in [0, 0.1) is 91.9 Å². The molecule has 0 N–H and O–H groups in total. The molecule has 0 unspecified atom stereocenters. The zero-order valence-electron chi connectivity index (χ0n) is 16.7. The summed E-state index contributed by atoms with van der Waals surface area (Å²) in [6.07, 6.45) is 0. The van der Waals surface area contributed by atoms with E-state index in [1.165, 1.54) is 0 Å². The summed E-state index contributed by atoms with van der Waals surface area (Å²) in [5, 5.41) is 30.4. The summed E-state index contributed by atoms with van der Waals surface area (Å²) in [6.45, 7) is 0. The quantitative estimate of drug-likeness (QED) is 0.207. The average molecular weight is 500 g/mol. The largest absolute Gasteiger partial charge is 0.242 e. The van der Waals surface area contributed by atoms with Crippen LogP contribution < -0.4 is 10.4 Å². The Hall–Kier alpha value is -5.34. The van der Waals surface area contributed by atoms with E-state index in [1.54, 1.807) is 0 Å². The van der Waals surface area contributed by atoms with Crippen LogP contribution in [0.2, 0.25) is 0 Å². The molecule has 0 fully saturated rings. The summed E-state index contributed by atoms with van der Waals surface area (Å²) in [4.78, 5) is 6.82. The number of benzene rings is 2. The predicted octanol–water partition coefficient (Wildman–Crippen LogP) is 3.44. The van der Waals surface area contributed by atoms with Crippen molar-refractivity contribution in [2.24, 2.45) is 0 Å². The van der Waals surface area contributed by atoms with Crippen LogP contribution in [0.5, 0.6) is 0 Å². The van der Waals surface area contributed by atoms with Crippen molar-refractivity contribution in [3.05, 3.63) is 57.0 Å². The Balaban J connectivity index is 2.51. The number of nitrogens with zero attached hydrogens (tertiary/aromatic N) is 6. The van der Waals surface area contributed by atoms with E-state index in [1.807, 2.05) is 0 Å². The van der Waals surface area contributed by atoms with Crippen molar-refractivity contribution >= 4 is 44.0 Å². The Bertz CT molecular complexity index is 1850. The van der Waals surface area contributed by atoms with Gasteiger partial charge >= 0.3 is 0 Å². The lowest BCUT2D eigenvalue weighted by molar-refractivity contribution is 0.446. The highest BCUT2D eigenvalue weighted by Crippen LogP contribution is 2.32. The molecular weight excluding hydrogens is 500 g/mol. The lowest BCUT2D eigenvalue weighted by atomic mass is 10.0. The maximum Gasteiger partial charge on any atom is 0.195 e. The summed E-state index contributed by atoms with van der Waals surface area (Å²) >= 11 is 0. The number of nitriles is 4. The molecule has 174 valence electrons. The molecule has 0 aliphatic carbocycles. The molecule has 0 saturated heterocycles. The van der Waals surface area contributed by atoms with Gasteiger partial charge in [0.15, 0.2) is 46.5 Å². The Kier molecular flexibility index (Phi) is 5.39. The van der Waals surface area contributed by atoms with Gasteiger partial charge in [-0.15, -0.1) is 0 Å². The second-order valence-corrected chi connectivity index (χ2v) is 6.83. The summed E-state index contributed by atoms with van der Waals surface area (Å²) in [5.41, 5.74) is -7.69. The highest BCUT2D eigenvalue weighted by molar-refractivity contribution is 6.00. The lowest BCUT2D eigenvalue weighted by Crippen LogP contribution is -2.21. The molecule has 0 spiro atoms. The minimum absolute atomic E-state index is 1.15. The van der Waals surface area contributed by atoms with Crippen molar-refractivity contribution in [2.75, 3.05) is 0 Å². The maximum absolute atomic E-state index is 15.4. The van der Waals surface area contributed by atoms with Gasteiger partial charge in [-0.2, -0.15) is 21.0 Å². The fraction of sp³-hybridized carbons (Fsp3) is 0. The Morgan fingerprint density at radius 2 is 0.722 bits per heavy atom. The number of rotatable bonds is 0. The SMILES string of the molecule is N#CC(C#N)=c1c(F)c(F)c(F)c2c(F)c3nc4c(=C(C#N)C#N)c(F)c(F)c(F)c4c(F)c3nc12. The topological polar surface area (TPSA) is 121 Å². The van der Waals surface area contributed by atoms with Crippen molar-refractivity contribution in [3.63, 3.8) is 0 Å². The van der Waals surface area contributed by atoms with E-state index in [9.17, 15) is 26.3 Å². The normalized spacial score (nSPS) is 10.7. The molecule has 0 bridgehead atoms. The van der Waals surface area contributed by atoms with E-state index in [-0.39, 0.29) is 0 Å². The standard InChI is InChI=1S/C22F8N6/c23-11-7(5(1-31)2-32)19-9(13(25)17(11)29)15(27)22-21(35-19)16(28)10-14(26)18(30)12(24)8(20(10)36-22)6(3-33)4-34. The first-order valence-electron chi connectivity index (χ1n) is 9.05. The molecule has 4 rings (SSSR count). The van der Waals surface area contributed by atoms with Gasteiger partial charge in [0.25, 0.3) is 0 Å². The van der Waals surface area contributed by atoms with E-state index in [2.05, 4.69) is 9.97 Å². The molecule has 0 aliphatic heterocycles. The highest BCUT2D eigenvalue weighted by Gasteiger charge is 2.29. The first kappa shape index (κ1) is 23.8. The summed E-state index contributed by atoms with van der Waals surface area (Å²) in [5.74, 6) is -17.4. The van der Waals surface area contributed by atoms with E-state index in [0.717, 1.165) is 24.3 Å². The zero-order chi connectivity index (χ0) is 26.6. The third-order valence-corrected chi connectivity index (χ3v) is 5.07. The molecule has 2 aromatic heterocycles. The van der Waals surface area contributed by atoms with Crippen molar-refractivity contribution in [2.45, 2.75) is 0 Å². The molecule has 0 radical (unpaired) electrons. The van der Waals surface area contributed by atoms with Gasteiger partial charge in [0.1, 0.15) is 46.5 Å². The van der Waals surface area contributed by atoms with Gasteiger partial charge in [-0.25, -0.2) is 45.1 Å². The maximum atomic E-state index is 15.4. The second-order valence-electron chi connectivity index (χ2n) is 6.83. The van der Waals surface area contributed by atoms with Crippen LogP contribution in [-0.2, 0) is 0 Å². The first-order valence-corrected chi connectivity index (χ1v) is 9.05. The van der Waals surface area contributed by atoms with Crippen molar-refractivity contribution in [1.82, 2.24) is 9.97 Å². The molecule has 0 saturated carbocycles. The molecule has 2 heterocycles. The molecule has 2 aromatic carbocycles. The molecule has 0 aliphatic rings. The van der Waals surface area contributed by atoms with Crippen LogP contribution in [0.25, 0.3) is 44.0 Å². The van der Waals surface area contributed by atoms with Gasteiger partial charge in [0, 0.05) is 0 Å². The number of pyridine rings is 2. The van der Waals surface area contributed by atoms with Crippen LogP contribution in [0.1, 0.15) is 0 Å². The van der Waals surface area contributed by atoms with E-state index in [4.69, 9.17) is 21.0 Å². The second kappa shape index (κ2) is 8.15. The Morgan fingerprint density at radius 3 is 1.00 bits per heavy atom. The number of aromatic nitrogens is 2. The van der Waals surface area contributed by atoms with Crippen LogP contribution >= 0.6 is 0 Å². The first-order chi connectivity index (χ1) is 17.0. The highest BCUT2D eigenvalue weighted by atomic mass is 19.2. The molecular formula is C22F8N6. The van der Waals surface area contributed by atoms with Crippen molar-refractivity contribution in [3.8, 4) is 24.3 Å². The fourth-order valence-corrected chi connectivity index (χ4v) is 3.52. The number of hydrogen-bond donors (Lipinski definition) is 0. The number of halogens is 8. The lowest BCUT2D eigenvalue weighted by Gasteiger charge is -2.11. The zero-order valence-corrected chi connectivity index (χ0v) is 16.7. The number of hydrogen-bond acceptors (Lipinski definition) is 6. The van der Waals surface area contributed by atoms with Gasteiger partial charge in [-0.3, -0.25) is 0 Å². The van der Waals surface area contributed by atoms with E-state index in [0.29, 0.717) is 0 Å². The van der Waals surface area contributed by atoms with E-state index >= 15 is 8.78 Å². The summed E-state index contributed by atoms with van der Waals surface area (Å²) < 4.78 is 117. The van der Waals surface area contributed by atoms with Gasteiger partial charge in [-0.1, -0.05) is 0 Å². The predicted molar refractivity (Wildman–Crippen MR) is 103 cm³/mol. The molecule has 0 atom stereocenters. The Labute approximate surface area is 192 Å². The third kappa shape index (κ3) is 2.92. The summed E-state index contributed by atoms with van der Waals surface area (Å²) in [6, 6.07) is 4.62. The van der Waals surface area contributed by atoms with E-state index < -0.39 is 101 Å². The molecule has 36 heavy (non-hydrogen) atoms. The van der Waals surface area contributed by atoms with Crippen molar-refractivity contribution in [1.29, 1.82) is 21.0 Å². The van der Waals surface area contributed by atoms with Gasteiger partial charge < -0.3 is 0 Å². The minimum Gasteiger partial charge on any atom is -0.242 e. The Morgan fingerprint density at radius 1 is 0.417 bits per heavy atom. The van der Waals surface area contributed by atoms with Crippen LogP contribution in [0.15, 0.2) is 0 Å². The van der Waals surface area contributed by atoms with Crippen LogP contribution in [0.4, 0.5) is 35.1 Å². The smallest absolute Gasteiger partial charge is 0.195 e. The molecule has 4 aromatic rings. The fourth-order valence-electron chi connectivity index (χ4n) is 3.52. The summed E-state index contributed by atoms with van der Waals surface area (Å²) in [7, 11) is 0. The van der Waals surface area contributed by atoms with Crippen LogP contribution in [-0.4, -0.2) is 9.97 Å². The molecule has 14 heteroatoms. The van der Waals surface area contributed by atoms with Gasteiger partial charge in [0.2, 0.25) is 0 Å². The van der Waals surface area contributed by atoms with Gasteiger partial charge in [0.05, 0.1) is 32.2 Å². The molecule has 6 nitrogen and oxygen atoms in total. The molecule has 0 amide bonds. The van der Waals surface area contributed by atoms with Gasteiger partial charge in [-0.05, 0) is 0 Å². The average Bonchev–Trinajstić information content (AvgIpc) is 2.86. The van der Waals surface area contributed by atoms with Crippen LogP contribution in [0.3, 0.4) is 0 Å². The number of fused-ring (bicyclic) bond motifs is 3. The minimum atomic E-state index is -2.34. The van der Waals surface area contributed by atoms with Crippen molar-refractivity contribution < 1.29 is 35.1 Å².